The van der Waals surface area contributed by atoms with Gasteiger partial charge in [-0.1, -0.05) is 0 Å². The maximum Gasteiger partial charge on any atom is 0.265 e. The van der Waals surface area contributed by atoms with E-state index in [9.17, 15) is 4.79 Å². The van der Waals surface area contributed by atoms with Crippen LogP contribution >= 0.6 is 0 Å². The number of carbonyl (C=O) groups excluding carboxylic acids is 1. The Morgan fingerprint density at radius 1 is 1.54 bits per heavy atom. The molecule has 0 bridgehead atoms. The molecule has 4 nitrogen and oxygen atoms in total. The van der Waals surface area contributed by atoms with Crippen molar-refractivity contribution in [1.82, 2.24) is 0 Å². The Labute approximate surface area is 75.1 Å². The van der Waals surface area contributed by atoms with E-state index in [-0.39, 0.29) is 11.7 Å². The highest BCUT2D eigenvalue weighted by molar-refractivity contribution is 5.97. The van der Waals surface area contributed by atoms with E-state index in [4.69, 9.17) is 9.84 Å². The number of rotatable bonds is 0. The van der Waals surface area contributed by atoms with Crippen LogP contribution in [0.15, 0.2) is 18.2 Å². The average molecular weight is 179 g/mol. The Balaban J connectivity index is 2.42. The topological polar surface area (TPSA) is 58.6 Å². The second kappa shape index (κ2) is 2.65. The van der Waals surface area contributed by atoms with Crippen molar-refractivity contribution in [3.63, 3.8) is 0 Å². The van der Waals surface area contributed by atoms with Crippen LogP contribution in [-0.4, -0.2) is 17.1 Å². The Kier molecular flexibility index (Phi) is 1.62. The van der Waals surface area contributed by atoms with Crippen molar-refractivity contribution >= 4 is 11.6 Å². The number of carbonyl (C=O) groups is 1. The van der Waals surface area contributed by atoms with Gasteiger partial charge in [-0.15, -0.1) is 0 Å². The first-order valence-electron chi connectivity index (χ1n) is 3.97. The van der Waals surface area contributed by atoms with Crippen molar-refractivity contribution in [3.8, 4) is 11.5 Å². The maximum atomic E-state index is 11.1. The zero-order valence-electron chi connectivity index (χ0n) is 7.07. The van der Waals surface area contributed by atoms with Crippen LogP contribution in [0.3, 0.4) is 0 Å². The van der Waals surface area contributed by atoms with Gasteiger partial charge in [0.15, 0.2) is 6.10 Å². The second-order valence-corrected chi connectivity index (χ2v) is 2.93. The molecule has 4 heteroatoms. The summed E-state index contributed by atoms with van der Waals surface area (Å²) < 4.78 is 5.25. The summed E-state index contributed by atoms with van der Waals surface area (Å²) in [6.45, 7) is 1.66. The van der Waals surface area contributed by atoms with E-state index in [2.05, 4.69) is 5.32 Å². The van der Waals surface area contributed by atoms with Crippen LogP contribution in [0.1, 0.15) is 6.92 Å². The van der Waals surface area contributed by atoms with E-state index in [1.807, 2.05) is 0 Å². The van der Waals surface area contributed by atoms with Gasteiger partial charge >= 0.3 is 0 Å². The number of fused-ring (bicyclic) bond motifs is 1. The number of phenols is 1. The van der Waals surface area contributed by atoms with Gasteiger partial charge in [-0.2, -0.15) is 0 Å². The highest BCUT2D eigenvalue weighted by atomic mass is 16.5. The van der Waals surface area contributed by atoms with Crippen LogP contribution in [0.5, 0.6) is 11.5 Å². The molecule has 1 aliphatic heterocycles. The number of benzene rings is 1. The second-order valence-electron chi connectivity index (χ2n) is 2.93. The van der Waals surface area contributed by atoms with E-state index in [0.29, 0.717) is 11.4 Å². The molecule has 2 rings (SSSR count). The van der Waals surface area contributed by atoms with Crippen LogP contribution in [-0.2, 0) is 4.79 Å². The Hall–Kier alpha value is -1.71. The summed E-state index contributed by atoms with van der Waals surface area (Å²) in [4.78, 5) is 11.1. The molecular weight excluding hydrogens is 170 g/mol. The zero-order valence-corrected chi connectivity index (χ0v) is 7.07. The van der Waals surface area contributed by atoms with Gasteiger partial charge < -0.3 is 15.2 Å². The van der Waals surface area contributed by atoms with Crippen LogP contribution in [0.2, 0.25) is 0 Å². The molecule has 1 amide bonds. The predicted molar refractivity (Wildman–Crippen MR) is 46.8 cm³/mol. The largest absolute Gasteiger partial charge is 0.508 e. The quantitative estimate of drug-likeness (QED) is 0.586. The van der Waals surface area contributed by atoms with Gasteiger partial charge in [-0.25, -0.2) is 0 Å². The predicted octanol–water partition coefficient (Wildman–Crippen LogP) is 1.11. The molecule has 2 N–H and O–H groups in total. The molecule has 1 atom stereocenters. The third-order valence-corrected chi connectivity index (χ3v) is 1.90. The average Bonchev–Trinajstić information content (AvgIpc) is 2.08. The minimum atomic E-state index is -0.505. The number of ether oxygens (including phenoxy) is 1. The third kappa shape index (κ3) is 1.30. The number of amides is 1. The fourth-order valence-corrected chi connectivity index (χ4v) is 1.19. The Morgan fingerprint density at radius 2 is 2.31 bits per heavy atom. The molecule has 1 aliphatic rings. The summed E-state index contributed by atoms with van der Waals surface area (Å²) >= 11 is 0. The van der Waals surface area contributed by atoms with E-state index < -0.39 is 6.10 Å². The van der Waals surface area contributed by atoms with Crippen molar-refractivity contribution in [2.75, 3.05) is 5.32 Å². The first kappa shape index (κ1) is 7.91. The first-order chi connectivity index (χ1) is 6.16. The number of nitrogens with one attached hydrogen (secondary N) is 1. The van der Waals surface area contributed by atoms with Gasteiger partial charge in [-0.05, 0) is 19.1 Å². The van der Waals surface area contributed by atoms with Crippen LogP contribution in [0.4, 0.5) is 5.69 Å². The maximum absolute atomic E-state index is 11.1. The first-order valence-corrected chi connectivity index (χ1v) is 3.97. The number of hydrogen-bond donors (Lipinski definition) is 2. The summed E-state index contributed by atoms with van der Waals surface area (Å²) in [5, 5.41) is 11.8. The molecule has 0 radical (unpaired) electrons. The Morgan fingerprint density at radius 3 is 3.08 bits per heavy atom. The van der Waals surface area contributed by atoms with Crippen LogP contribution in [0.25, 0.3) is 0 Å². The third-order valence-electron chi connectivity index (χ3n) is 1.90. The van der Waals surface area contributed by atoms with Crippen molar-refractivity contribution in [2.45, 2.75) is 13.0 Å². The van der Waals surface area contributed by atoms with Crippen LogP contribution < -0.4 is 10.1 Å². The summed E-state index contributed by atoms with van der Waals surface area (Å²) in [5.41, 5.74) is 0.598. The zero-order chi connectivity index (χ0) is 9.42. The molecule has 1 aromatic rings. The van der Waals surface area contributed by atoms with E-state index in [1.54, 1.807) is 13.0 Å². The molecule has 13 heavy (non-hydrogen) atoms. The molecule has 68 valence electrons. The molecular formula is C9H9NO3. The van der Waals surface area contributed by atoms with Crippen molar-refractivity contribution in [1.29, 1.82) is 0 Å². The lowest BCUT2D eigenvalue weighted by Crippen LogP contribution is -2.34. The van der Waals surface area contributed by atoms with Crippen molar-refractivity contribution < 1.29 is 14.6 Å². The number of phenolic OH excluding ortho intramolecular Hbond substituents is 1. The molecule has 0 saturated heterocycles. The van der Waals surface area contributed by atoms with Crippen molar-refractivity contribution in [3.05, 3.63) is 18.2 Å². The smallest absolute Gasteiger partial charge is 0.265 e. The van der Waals surface area contributed by atoms with Gasteiger partial charge in [0.1, 0.15) is 11.5 Å². The summed E-state index contributed by atoms with van der Waals surface area (Å²) in [6.07, 6.45) is -0.505. The summed E-state index contributed by atoms with van der Waals surface area (Å²) in [5.74, 6) is 0.465. The highest BCUT2D eigenvalue weighted by Crippen LogP contribution is 2.32. The minimum Gasteiger partial charge on any atom is -0.508 e. The van der Waals surface area contributed by atoms with Gasteiger partial charge in [0.2, 0.25) is 0 Å². The monoisotopic (exact) mass is 179 g/mol. The van der Waals surface area contributed by atoms with Gasteiger partial charge in [0.25, 0.3) is 5.91 Å². The standard InChI is InChI=1S/C9H9NO3/c1-5-9(12)10-7-3-2-6(11)4-8(7)13-5/h2-5,11H,1H3,(H,10,12). The molecule has 1 aromatic carbocycles. The van der Waals surface area contributed by atoms with Crippen molar-refractivity contribution in [2.24, 2.45) is 0 Å². The molecule has 0 saturated carbocycles. The highest BCUT2D eigenvalue weighted by Gasteiger charge is 2.23. The van der Waals surface area contributed by atoms with Gasteiger partial charge in [0, 0.05) is 6.07 Å². The molecule has 0 fully saturated rings. The fourth-order valence-electron chi connectivity index (χ4n) is 1.19. The molecule has 1 unspecified atom stereocenters. The number of aromatic hydroxyl groups is 1. The lowest BCUT2D eigenvalue weighted by atomic mass is 10.2. The van der Waals surface area contributed by atoms with E-state index in [0.717, 1.165) is 0 Å². The van der Waals surface area contributed by atoms with E-state index >= 15 is 0 Å². The number of hydrogen-bond acceptors (Lipinski definition) is 3. The Bertz CT molecular complexity index is 362. The SMILES string of the molecule is CC1Oc2cc(O)ccc2NC1=O. The molecule has 0 aliphatic carbocycles. The molecule has 0 aromatic heterocycles. The van der Waals surface area contributed by atoms with Crippen LogP contribution in [0, 0.1) is 0 Å². The molecule has 0 spiro atoms. The molecule has 1 heterocycles. The normalized spacial score (nSPS) is 20.1. The lowest BCUT2D eigenvalue weighted by molar-refractivity contribution is -0.122. The fraction of sp³-hybridized carbons (Fsp3) is 0.222. The lowest BCUT2D eigenvalue weighted by Gasteiger charge is -2.22. The van der Waals surface area contributed by atoms with Gasteiger partial charge in [-0.3, -0.25) is 4.79 Å². The van der Waals surface area contributed by atoms with Gasteiger partial charge in [0.05, 0.1) is 5.69 Å². The minimum absolute atomic E-state index is 0.127. The number of anilines is 1. The summed E-state index contributed by atoms with van der Waals surface area (Å²) in [6, 6.07) is 4.58. The van der Waals surface area contributed by atoms with E-state index in [1.165, 1.54) is 12.1 Å². The summed E-state index contributed by atoms with van der Waals surface area (Å²) in [7, 11) is 0.